The lowest BCUT2D eigenvalue weighted by Crippen LogP contribution is -2.13. The summed E-state index contributed by atoms with van der Waals surface area (Å²) in [5, 5.41) is 10.3. The topological polar surface area (TPSA) is 79.6 Å². The maximum atomic E-state index is 11.4. The number of H-pyrrole nitrogens is 1. The molecule has 0 radical (unpaired) electrons. The van der Waals surface area contributed by atoms with Gasteiger partial charge in [0.2, 0.25) is 0 Å². The summed E-state index contributed by atoms with van der Waals surface area (Å²) in [5.41, 5.74) is 6.19. The van der Waals surface area contributed by atoms with Crippen LogP contribution in [0.3, 0.4) is 0 Å². The first-order valence-electron chi connectivity index (χ1n) is 8.99. The first-order chi connectivity index (χ1) is 13.5. The van der Waals surface area contributed by atoms with Gasteiger partial charge in [-0.25, -0.2) is 4.99 Å². The number of carboxylic acid groups (broad SMARTS) is 1. The molecule has 4 rings (SSSR count). The van der Waals surface area contributed by atoms with Crippen molar-refractivity contribution in [3.05, 3.63) is 76.6 Å². The zero-order chi connectivity index (χ0) is 19.8. The van der Waals surface area contributed by atoms with Crippen molar-refractivity contribution in [2.75, 3.05) is 7.11 Å². The number of aromatic amines is 1. The van der Waals surface area contributed by atoms with Crippen LogP contribution in [0.5, 0.6) is 0 Å². The molecule has 6 nitrogen and oxygen atoms in total. The summed E-state index contributed by atoms with van der Waals surface area (Å²) in [6.07, 6.45) is 3.80. The molecular weight excluding hydrogens is 354 g/mol. The quantitative estimate of drug-likeness (QED) is 0.706. The molecule has 0 spiro atoms. The summed E-state index contributed by atoms with van der Waals surface area (Å²) >= 11 is 0. The molecule has 0 atom stereocenters. The van der Waals surface area contributed by atoms with Gasteiger partial charge in [-0.15, -0.1) is 0 Å². The summed E-state index contributed by atoms with van der Waals surface area (Å²) in [4.78, 5) is 19.5. The number of hydrogen-bond donors (Lipinski definition) is 2. The molecular formula is C22H21N3O3. The van der Waals surface area contributed by atoms with Gasteiger partial charge in [-0.2, -0.15) is 0 Å². The molecule has 0 aliphatic carbocycles. The van der Waals surface area contributed by atoms with Crippen molar-refractivity contribution < 1.29 is 14.6 Å². The van der Waals surface area contributed by atoms with Gasteiger partial charge in [0, 0.05) is 28.4 Å². The Morgan fingerprint density at radius 1 is 1.29 bits per heavy atom. The molecule has 28 heavy (non-hydrogen) atoms. The molecule has 3 aromatic rings. The van der Waals surface area contributed by atoms with E-state index in [1.165, 1.54) is 0 Å². The second kappa shape index (κ2) is 6.88. The van der Waals surface area contributed by atoms with E-state index in [1.54, 1.807) is 11.7 Å². The van der Waals surface area contributed by atoms with Crippen LogP contribution in [0, 0.1) is 13.8 Å². The predicted octanol–water partition coefficient (Wildman–Crippen LogP) is 4.04. The van der Waals surface area contributed by atoms with Crippen molar-refractivity contribution in [3.8, 4) is 0 Å². The number of aliphatic imine (C=N–C) groups is 1. The number of ether oxygens (including phenoxy) is 1. The van der Waals surface area contributed by atoms with Crippen LogP contribution in [0.25, 0.3) is 17.0 Å². The second-order valence-corrected chi connectivity index (χ2v) is 6.86. The maximum absolute atomic E-state index is 11.4. The average Bonchev–Trinajstić information content (AvgIpc) is 3.31. The van der Waals surface area contributed by atoms with E-state index in [-0.39, 0.29) is 6.54 Å². The number of allylic oxidation sites excluding steroid dienone is 1. The highest BCUT2D eigenvalue weighted by molar-refractivity contribution is 6.13. The van der Waals surface area contributed by atoms with Crippen LogP contribution in [0.4, 0.5) is 0 Å². The Morgan fingerprint density at radius 2 is 2.07 bits per heavy atom. The average molecular weight is 375 g/mol. The number of para-hydroxylation sites is 1. The Bertz CT molecular complexity index is 1180. The van der Waals surface area contributed by atoms with Gasteiger partial charge in [-0.1, -0.05) is 18.2 Å². The van der Waals surface area contributed by atoms with Gasteiger partial charge in [-0.05, 0) is 43.7 Å². The van der Waals surface area contributed by atoms with Crippen molar-refractivity contribution in [2.45, 2.75) is 20.4 Å². The Hall–Kier alpha value is -3.54. The third-order valence-corrected chi connectivity index (χ3v) is 4.82. The van der Waals surface area contributed by atoms with E-state index in [0.29, 0.717) is 17.2 Å². The number of aliphatic carboxylic acids is 1. The van der Waals surface area contributed by atoms with Crippen LogP contribution in [0.1, 0.15) is 22.6 Å². The first kappa shape index (κ1) is 17.9. The van der Waals surface area contributed by atoms with E-state index in [1.807, 2.05) is 56.3 Å². The van der Waals surface area contributed by atoms with Crippen molar-refractivity contribution in [1.29, 1.82) is 0 Å². The molecule has 1 aliphatic rings. The number of carbonyl (C=O) groups is 1. The van der Waals surface area contributed by atoms with E-state index < -0.39 is 5.97 Å². The highest BCUT2D eigenvalue weighted by atomic mass is 16.5. The van der Waals surface area contributed by atoms with Gasteiger partial charge in [-0.3, -0.25) is 4.79 Å². The summed E-state index contributed by atoms with van der Waals surface area (Å²) in [5.74, 6) is -0.251. The Balaban J connectivity index is 1.84. The number of nitrogens with zero attached hydrogens (tertiary/aromatic N) is 2. The van der Waals surface area contributed by atoms with E-state index in [9.17, 15) is 9.90 Å². The third kappa shape index (κ3) is 3.13. The fourth-order valence-electron chi connectivity index (χ4n) is 3.58. The largest absolute Gasteiger partial charge is 0.494 e. The van der Waals surface area contributed by atoms with Crippen LogP contribution in [-0.4, -0.2) is 33.4 Å². The summed E-state index contributed by atoms with van der Waals surface area (Å²) in [6, 6.07) is 11.8. The van der Waals surface area contributed by atoms with Gasteiger partial charge in [0.25, 0.3) is 0 Å². The molecule has 0 bridgehead atoms. The summed E-state index contributed by atoms with van der Waals surface area (Å²) < 4.78 is 7.30. The summed E-state index contributed by atoms with van der Waals surface area (Å²) in [6.45, 7) is 3.91. The fraction of sp³-hybridized carbons (Fsp3) is 0.182. The van der Waals surface area contributed by atoms with Crippen molar-refractivity contribution in [3.63, 3.8) is 0 Å². The van der Waals surface area contributed by atoms with Gasteiger partial charge in [0.1, 0.15) is 18.0 Å². The van der Waals surface area contributed by atoms with Gasteiger partial charge < -0.3 is 19.4 Å². The highest BCUT2D eigenvalue weighted by Gasteiger charge is 2.21. The standard InChI is InChI=1S/C22H21N3O3/c1-13-8-14(2)23-16(13)10-18-21(28-3)11-17(24-18)20-9-15-6-4-5-7-19(15)25(20)12-22(26)27/h4-11,23H,12H2,1-3H3,(H,26,27). The molecule has 6 heteroatoms. The fourth-order valence-corrected chi connectivity index (χ4v) is 3.58. The SMILES string of the molecule is COC1=CC(c2cc3ccccc3n2CC(=O)O)=NC1=Cc1[nH]c(C)cc1C. The zero-order valence-corrected chi connectivity index (χ0v) is 16.0. The van der Waals surface area contributed by atoms with E-state index in [0.717, 1.165) is 33.5 Å². The third-order valence-electron chi connectivity index (χ3n) is 4.82. The number of hydrogen-bond acceptors (Lipinski definition) is 3. The Kier molecular flexibility index (Phi) is 4.39. The first-order valence-corrected chi connectivity index (χ1v) is 8.99. The number of rotatable bonds is 5. The molecule has 142 valence electrons. The zero-order valence-electron chi connectivity index (χ0n) is 16.0. The molecule has 0 fully saturated rings. The maximum Gasteiger partial charge on any atom is 0.323 e. The second-order valence-electron chi connectivity index (χ2n) is 6.86. The van der Waals surface area contributed by atoms with Crippen molar-refractivity contribution in [2.24, 2.45) is 4.99 Å². The minimum Gasteiger partial charge on any atom is -0.494 e. The minimum absolute atomic E-state index is 0.133. The normalized spacial score (nSPS) is 15.2. The number of benzene rings is 1. The molecule has 0 saturated heterocycles. The predicted molar refractivity (Wildman–Crippen MR) is 109 cm³/mol. The number of aromatic nitrogens is 2. The number of aryl methyl sites for hydroxylation is 2. The Labute approximate surface area is 162 Å². The number of carboxylic acids is 1. The molecule has 0 saturated carbocycles. The molecule has 1 aliphatic heterocycles. The number of fused-ring (bicyclic) bond motifs is 1. The van der Waals surface area contributed by atoms with Crippen LogP contribution < -0.4 is 0 Å². The van der Waals surface area contributed by atoms with E-state index in [2.05, 4.69) is 11.1 Å². The smallest absolute Gasteiger partial charge is 0.323 e. The van der Waals surface area contributed by atoms with Gasteiger partial charge >= 0.3 is 5.97 Å². The van der Waals surface area contributed by atoms with Crippen LogP contribution in [0.2, 0.25) is 0 Å². The van der Waals surface area contributed by atoms with Crippen LogP contribution >= 0.6 is 0 Å². The molecule has 2 N–H and O–H groups in total. The van der Waals surface area contributed by atoms with Gasteiger partial charge in [0.15, 0.2) is 0 Å². The number of methoxy groups -OCH3 is 1. The van der Waals surface area contributed by atoms with E-state index >= 15 is 0 Å². The monoisotopic (exact) mass is 375 g/mol. The lowest BCUT2D eigenvalue weighted by Gasteiger charge is -2.06. The summed E-state index contributed by atoms with van der Waals surface area (Å²) in [7, 11) is 1.61. The molecule has 2 aromatic heterocycles. The highest BCUT2D eigenvalue weighted by Crippen LogP contribution is 2.28. The van der Waals surface area contributed by atoms with E-state index in [4.69, 9.17) is 9.73 Å². The van der Waals surface area contributed by atoms with Gasteiger partial charge in [0.05, 0.1) is 18.5 Å². The molecule has 0 amide bonds. The molecule has 0 unspecified atom stereocenters. The van der Waals surface area contributed by atoms with Crippen molar-refractivity contribution in [1.82, 2.24) is 9.55 Å². The lowest BCUT2D eigenvalue weighted by atomic mass is 10.2. The Morgan fingerprint density at radius 3 is 2.75 bits per heavy atom. The van der Waals surface area contributed by atoms with Crippen molar-refractivity contribution >= 4 is 28.7 Å². The molecule has 3 heterocycles. The van der Waals surface area contributed by atoms with Crippen LogP contribution in [0.15, 0.2) is 58.9 Å². The van der Waals surface area contributed by atoms with Crippen LogP contribution in [-0.2, 0) is 16.1 Å². The number of nitrogens with one attached hydrogen (secondary N) is 1. The molecule has 1 aromatic carbocycles. The minimum atomic E-state index is -0.898. The lowest BCUT2D eigenvalue weighted by molar-refractivity contribution is -0.137.